The van der Waals surface area contributed by atoms with E-state index in [0.717, 1.165) is 12.1 Å². The Morgan fingerprint density at radius 1 is 1.60 bits per heavy atom. The molecule has 1 aliphatic carbocycles. The molecule has 0 atom stereocenters. The molecule has 0 aromatic heterocycles. The lowest BCUT2D eigenvalue weighted by molar-refractivity contribution is 1.25. The van der Waals surface area contributed by atoms with E-state index in [-0.39, 0.29) is 0 Å². The maximum absolute atomic E-state index is 3.89. The first-order valence-corrected chi connectivity index (χ1v) is 3.35. The van der Waals surface area contributed by atoms with Crippen molar-refractivity contribution in [1.29, 1.82) is 0 Å². The normalized spacial score (nSPS) is 17.3. The van der Waals surface area contributed by atoms with Crippen LogP contribution in [0.5, 0.6) is 0 Å². The molecule has 0 fully saturated rings. The average molecular weight is 133 g/mol. The van der Waals surface area contributed by atoms with Gasteiger partial charge in [0.25, 0.3) is 0 Å². The molecule has 1 nitrogen and oxygen atoms in total. The van der Waals surface area contributed by atoms with Gasteiger partial charge in [0.15, 0.2) is 0 Å². The van der Waals surface area contributed by atoms with Crippen LogP contribution in [-0.2, 0) is 0 Å². The monoisotopic (exact) mass is 133 g/mol. The highest BCUT2D eigenvalue weighted by atomic mass is 14.7. The van der Waals surface area contributed by atoms with Crippen molar-refractivity contribution in [3.8, 4) is 0 Å². The van der Waals surface area contributed by atoms with Gasteiger partial charge < -0.3 is 0 Å². The summed E-state index contributed by atoms with van der Waals surface area (Å²) in [6, 6.07) is 0. The summed E-state index contributed by atoms with van der Waals surface area (Å²) >= 11 is 0. The lowest BCUT2D eigenvalue weighted by Crippen LogP contribution is -1.77. The van der Waals surface area contributed by atoms with Gasteiger partial charge in [0, 0.05) is 0 Å². The maximum atomic E-state index is 3.89. The largest absolute Gasteiger partial charge is 0.265 e. The minimum Gasteiger partial charge on any atom is -0.265 e. The smallest absolute Gasteiger partial charge is 0.0614 e. The molecule has 1 aliphatic rings. The molecular weight excluding hydrogens is 122 g/mol. The fraction of sp³-hybridized carbons (Fsp3) is 0.222. The quantitative estimate of drug-likeness (QED) is 0.487. The van der Waals surface area contributed by atoms with Gasteiger partial charge in [-0.1, -0.05) is 24.3 Å². The molecule has 0 aliphatic heterocycles. The summed E-state index contributed by atoms with van der Waals surface area (Å²) in [5.41, 5.74) is 2.19. The third kappa shape index (κ3) is 1.44. The highest BCUT2D eigenvalue weighted by molar-refractivity contribution is 5.40. The molecular formula is C9H11N. The molecule has 0 saturated carbocycles. The van der Waals surface area contributed by atoms with Gasteiger partial charge >= 0.3 is 0 Å². The second-order valence-electron chi connectivity index (χ2n) is 2.26. The fourth-order valence-electron chi connectivity index (χ4n) is 0.906. The van der Waals surface area contributed by atoms with Crippen LogP contribution in [-0.4, -0.2) is 6.72 Å². The zero-order valence-electron chi connectivity index (χ0n) is 6.17. The third-order valence-corrected chi connectivity index (χ3v) is 1.50. The first-order valence-electron chi connectivity index (χ1n) is 3.35. The first-order chi connectivity index (χ1) is 4.84. The number of allylic oxidation sites excluding steroid dienone is 5. The topological polar surface area (TPSA) is 12.4 Å². The summed E-state index contributed by atoms with van der Waals surface area (Å²) in [6.45, 7) is 5.53. The van der Waals surface area contributed by atoms with Crippen molar-refractivity contribution in [3.05, 3.63) is 35.6 Å². The molecule has 0 saturated heterocycles. The Bertz CT molecular complexity index is 219. The lowest BCUT2D eigenvalue weighted by atomic mass is 10.2. The fourth-order valence-corrected chi connectivity index (χ4v) is 0.906. The molecule has 1 heteroatoms. The van der Waals surface area contributed by atoms with E-state index in [2.05, 4.69) is 23.9 Å². The number of hydrogen-bond donors (Lipinski definition) is 0. The van der Waals surface area contributed by atoms with E-state index < -0.39 is 0 Å². The van der Waals surface area contributed by atoms with Gasteiger partial charge in [-0.15, -0.1) is 0 Å². The van der Waals surface area contributed by atoms with Crippen molar-refractivity contribution in [2.24, 2.45) is 4.99 Å². The number of rotatable bonds is 1. The Morgan fingerprint density at radius 3 is 3.10 bits per heavy atom. The zero-order chi connectivity index (χ0) is 7.40. The Hall–Kier alpha value is -1.11. The summed E-state index contributed by atoms with van der Waals surface area (Å²) in [4.78, 5) is 3.89. The number of hydrogen-bond acceptors (Lipinski definition) is 1. The molecule has 0 aromatic rings. The van der Waals surface area contributed by atoms with E-state index in [1.165, 1.54) is 5.57 Å². The molecule has 52 valence electrons. The van der Waals surface area contributed by atoms with E-state index in [1.54, 1.807) is 0 Å². The van der Waals surface area contributed by atoms with E-state index in [1.807, 2.05) is 19.1 Å². The lowest BCUT2D eigenvalue weighted by Gasteiger charge is -1.96. The van der Waals surface area contributed by atoms with Crippen LogP contribution in [0.4, 0.5) is 0 Å². The Kier molecular flexibility index (Phi) is 2.21. The second kappa shape index (κ2) is 3.16. The number of nitrogens with zero attached hydrogens (tertiary/aromatic N) is 1. The van der Waals surface area contributed by atoms with Crippen LogP contribution in [0.15, 0.2) is 40.6 Å². The molecule has 10 heavy (non-hydrogen) atoms. The van der Waals surface area contributed by atoms with Crippen molar-refractivity contribution in [2.45, 2.75) is 13.3 Å². The van der Waals surface area contributed by atoms with Crippen LogP contribution in [0.1, 0.15) is 13.3 Å². The molecule has 0 amide bonds. The predicted octanol–water partition coefficient (Wildman–Crippen LogP) is 2.48. The minimum atomic E-state index is 0.961. The first kappa shape index (κ1) is 7.00. The van der Waals surface area contributed by atoms with Crippen LogP contribution in [0.25, 0.3) is 0 Å². The molecule has 0 radical (unpaired) electrons. The van der Waals surface area contributed by atoms with Crippen LogP contribution >= 0.6 is 0 Å². The standard InChI is InChI=1S/C9H11N/c1-8-6-4-3-5-7-9(8)10-2/h3-4,6-7H,2,5H2,1H3. The molecule has 0 aromatic carbocycles. The van der Waals surface area contributed by atoms with E-state index >= 15 is 0 Å². The number of aliphatic imine (C=N–C) groups is 1. The van der Waals surface area contributed by atoms with E-state index in [9.17, 15) is 0 Å². The minimum absolute atomic E-state index is 0.961. The Morgan fingerprint density at radius 2 is 2.40 bits per heavy atom. The van der Waals surface area contributed by atoms with Gasteiger partial charge in [-0.2, -0.15) is 0 Å². The van der Waals surface area contributed by atoms with Gasteiger partial charge in [0.05, 0.1) is 5.70 Å². The van der Waals surface area contributed by atoms with Crippen molar-refractivity contribution < 1.29 is 0 Å². The summed E-state index contributed by atoms with van der Waals surface area (Å²) in [6.07, 6.45) is 9.23. The van der Waals surface area contributed by atoms with Crippen molar-refractivity contribution >= 4 is 6.72 Å². The van der Waals surface area contributed by atoms with Crippen LogP contribution in [0.2, 0.25) is 0 Å². The molecule has 1 rings (SSSR count). The highest BCUT2D eigenvalue weighted by Gasteiger charge is 1.95. The van der Waals surface area contributed by atoms with Crippen molar-refractivity contribution in [2.75, 3.05) is 0 Å². The van der Waals surface area contributed by atoms with Gasteiger partial charge in [0.1, 0.15) is 0 Å². The molecule has 0 N–H and O–H groups in total. The summed E-state index contributed by atoms with van der Waals surface area (Å²) in [7, 11) is 0. The molecule has 0 bridgehead atoms. The highest BCUT2D eigenvalue weighted by Crippen LogP contribution is 2.13. The van der Waals surface area contributed by atoms with Crippen LogP contribution < -0.4 is 0 Å². The summed E-state index contributed by atoms with van der Waals surface area (Å²) < 4.78 is 0. The Labute approximate surface area is 61.5 Å². The van der Waals surface area contributed by atoms with Gasteiger partial charge in [0.2, 0.25) is 0 Å². The van der Waals surface area contributed by atoms with Gasteiger partial charge in [-0.3, -0.25) is 4.99 Å². The van der Waals surface area contributed by atoms with E-state index in [4.69, 9.17) is 0 Å². The summed E-state index contributed by atoms with van der Waals surface area (Å²) in [5, 5.41) is 0. The second-order valence-corrected chi connectivity index (χ2v) is 2.26. The zero-order valence-corrected chi connectivity index (χ0v) is 6.17. The molecule has 0 spiro atoms. The SMILES string of the molecule is C=NC1=CCC=CC=C1C. The maximum Gasteiger partial charge on any atom is 0.0614 e. The van der Waals surface area contributed by atoms with Crippen LogP contribution in [0.3, 0.4) is 0 Å². The third-order valence-electron chi connectivity index (χ3n) is 1.50. The Balaban J connectivity index is 2.91. The van der Waals surface area contributed by atoms with Gasteiger partial charge in [-0.05, 0) is 25.6 Å². The van der Waals surface area contributed by atoms with Crippen LogP contribution in [0, 0.1) is 0 Å². The predicted molar refractivity (Wildman–Crippen MR) is 45.1 cm³/mol. The molecule has 0 unspecified atom stereocenters. The van der Waals surface area contributed by atoms with Crippen molar-refractivity contribution in [1.82, 2.24) is 0 Å². The molecule has 0 heterocycles. The van der Waals surface area contributed by atoms with Gasteiger partial charge in [-0.25, -0.2) is 0 Å². The van der Waals surface area contributed by atoms with Crippen molar-refractivity contribution in [3.63, 3.8) is 0 Å². The summed E-state index contributed by atoms with van der Waals surface area (Å²) in [5.74, 6) is 0. The van der Waals surface area contributed by atoms with E-state index in [0.29, 0.717) is 0 Å². The average Bonchev–Trinajstić information content (AvgIpc) is 2.13.